The molecule has 0 amide bonds. The molecule has 0 spiro atoms. The lowest BCUT2D eigenvalue weighted by Gasteiger charge is -2.61. The summed E-state index contributed by atoms with van der Waals surface area (Å²) in [5, 5.41) is 0. The van der Waals surface area contributed by atoms with Crippen molar-refractivity contribution in [3.63, 3.8) is 0 Å². The normalized spacial score (nSPS) is 34.9. The smallest absolute Gasteiger partial charge is 0.306 e. The average Bonchev–Trinajstić information content (AvgIpc) is 3.39. The van der Waals surface area contributed by atoms with E-state index in [1.807, 2.05) is 30.3 Å². The molecule has 1 aromatic rings. The van der Waals surface area contributed by atoms with Crippen LogP contribution in [0.5, 0.6) is 0 Å². The predicted molar refractivity (Wildman–Crippen MR) is 195 cm³/mol. The summed E-state index contributed by atoms with van der Waals surface area (Å²) in [5.41, 5.74) is 1.69. The topological polar surface area (TPSA) is 44.8 Å². The van der Waals surface area contributed by atoms with E-state index in [1.165, 1.54) is 68.8 Å². The van der Waals surface area contributed by atoms with E-state index >= 15 is 0 Å². The highest BCUT2D eigenvalue weighted by Gasteiger charge is 2.62. The standard InChI is InChI=1S/C40H66O4Si2/c1-10-46(11-2,12-3)43-32-22-24-39(5)31(26-32)27-36(44-45(7,8)9)38-34-20-19-33(40(34,6)25-23-35(38)39)29(4)18-21-37(41)42-28-30-16-14-13-15-17-30/h13-17,27,29,31-35,38H,10-12,18-26,28H2,1-9H3/t29-,31+,32-,33-,34+,35+,38+,39+,40-/m1/s1. The summed E-state index contributed by atoms with van der Waals surface area (Å²) in [7, 11) is -3.41. The first-order valence-corrected chi connectivity index (χ1v) is 25.0. The van der Waals surface area contributed by atoms with Gasteiger partial charge < -0.3 is 13.6 Å². The Balaban J connectivity index is 1.31. The molecule has 0 saturated heterocycles. The van der Waals surface area contributed by atoms with Crippen molar-refractivity contribution >= 4 is 22.6 Å². The second kappa shape index (κ2) is 14.2. The van der Waals surface area contributed by atoms with Crippen LogP contribution < -0.4 is 0 Å². The Morgan fingerprint density at radius 3 is 2.22 bits per heavy atom. The predicted octanol–water partition coefficient (Wildman–Crippen LogP) is 11.2. The molecule has 3 fully saturated rings. The highest BCUT2D eigenvalue weighted by Crippen LogP contribution is 2.68. The van der Waals surface area contributed by atoms with Crippen LogP contribution in [0.2, 0.25) is 37.8 Å². The molecule has 3 saturated carbocycles. The zero-order valence-electron chi connectivity index (χ0n) is 30.8. The second-order valence-corrected chi connectivity index (χ2v) is 26.4. The van der Waals surface area contributed by atoms with Gasteiger partial charge >= 0.3 is 5.97 Å². The third-order valence-corrected chi connectivity index (χ3v) is 19.3. The van der Waals surface area contributed by atoms with E-state index in [0.29, 0.717) is 65.5 Å². The molecule has 4 aliphatic carbocycles. The van der Waals surface area contributed by atoms with Crippen LogP contribution in [-0.2, 0) is 25.0 Å². The Labute approximate surface area is 284 Å². The van der Waals surface area contributed by atoms with Crippen molar-refractivity contribution in [2.75, 3.05) is 0 Å². The summed E-state index contributed by atoms with van der Waals surface area (Å²) in [6, 6.07) is 13.7. The number of ether oxygens (including phenoxy) is 1. The Morgan fingerprint density at radius 2 is 1.57 bits per heavy atom. The molecule has 1 aromatic carbocycles. The summed E-state index contributed by atoms with van der Waals surface area (Å²) < 4.78 is 19.9. The van der Waals surface area contributed by atoms with Gasteiger partial charge in [0.05, 0.1) is 5.76 Å². The fourth-order valence-electron chi connectivity index (χ4n) is 10.9. The molecule has 0 radical (unpaired) electrons. The van der Waals surface area contributed by atoms with Crippen molar-refractivity contribution in [2.24, 2.45) is 46.3 Å². The van der Waals surface area contributed by atoms with Crippen molar-refractivity contribution in [3.05, 3.63) is 47.7 Å². The molecule has 0 N–H and O–H groups in total. The van der Waals surface area contributed by atoms with Crippen LogP contribution in [0.25, 0.3) is 0 Å². The molecule has 0 aliphatic heterocycles. The van der Waals surface area contributed by atoms with Gasteiger partial charge in [0, 0.05) is 18.4 Å². The van der Waals surface area contributed by atoms with E-state index in [1.54, 1.807) is 0 Å². The number of allylic oxidation sites excluding steroid dienone is 2. The number of carbonyl (C=O) groups excluding carboxylic acids is 1. The molecule has 46 heavy (non-hydrogen) atoms. The maximum Gasteiger partial charge on any atom is 0.306 e. The van der Waals surface area contributed by atoms with Crippen molar-refractivity contribution in [3.8, 4) is 0 Å². The van der Waals surface area contributed by atoms with Crippen LogP contribution in [0.1, 0.15) is 105 Å². The number of hydrogen-bond donors (Lipinski definition) is 0. The molecule has 0 bridgehead atoms. The van der Waals surface area contributed by atoms with E-state index in [2.05, 4.69) is 67.3 Å². The number of rotatable bonds is 13. The molecule has 6 heteroatoms. The van der Waals surface area contributed by atoms with Gasteiger partial charge in [-0.25, -0.2) is 0 Å². The lowest BCUT2D eigenvalue weighted by Crippen LogP contribution is -2.55. The number of hydrogen-bond acceptors (Lipinski definition) is 4. The second-order valence-electron chi connectivity index (χ2n) is 17.3. The van der Waals surface area contributed by atoms with Crippen LogP contribution in [0.15, 0.2) is 42.2 Å². The van der Waals surface area contributed by atoms with E-state index in [0.717, 1.165) is 12.0 Å². The van der Waals surface area contributed by atoms with Gasteiger partial charge in [-0.05, 0) is 141 Å². The lowest BCUT2D eigenvalue weighted by atomic mass is 9.46. The van der Waals surface area contributed by atoms with Gasteiger partial charge in [-0.3, -0.25) is 4.79 Å². The molecule has 4 aliphatic rings. The number of esters is 1. The van der Waals surface area contributed by atoms with Gasteiger partial charge in [-0.2, -0.15) is 0 Å². The Morgan fingerprint density at radius 1 is 0.913 bits per heavy atom. The van der Waals surface area contributed by atoms with Gasteiger partial charge in [-0.1, -0.05) is 71.9 Å². The first kappa shape index (κ1) is 35.9. The van der Waals surface area contributed by atoms with Crippen molar-refractivity contribution < 1.29 is 18.4 Å². The van der Waals surface area contributed by atoms with Crippen LogP contribution in [0.4, 0.5) is 0 Å². The largest absolute Gasteiger partial charge is 0.547 e. The zero-order valence-corrected chi connectivity index (χ0v) is 32.8. The minimum Gasteiger partial charge on any atom is -0.547 e. The van der Waals surface area contributed by atoms with Crippen molar-refractivity contribution in [1.82, 2.24) is 0 Å². The number of benzene rings is 1. The van der Waals surface area contributed by atoms with Gasteiger partial charge in [0.25, 0.3) is 0 Å². The molecule has 0 aromatic heterocycles. The summed E-state index contributed by atoms with van der Waals surface area (Å²) in [6.07, 6.45) is 13.4. The fourth-order valence-corrected chi connectivity index (χ4v) is 14.7. The van der Waals surface area contributed by atoms with Crippen molar-refractivity contribution in [2.45, 2.75) is 150 Å². The monoisotopic (exact) mass is 666 g/mol. The average molecular weight is 667 g/mol. The third kappa shape index (κ3) is 7.29. The maximum atomic E-state index is 12.7. The maximum absolute atomic E-state index is 12.7. The van der Waals surface area contributed by atoms with Crippen LogP contribution in [0.3, 0.4) is 0 Å². The van der Waals surface area contributed by atoms with Crippen LogP contribution >= 0.6 is 0 Å². The first-order valence-electron chi connectivity index (χ1n) is 19.1. The molecule has 258 valence electrons. The fraction of sp³-hybridized carbons (Fsp3) is 0.775. The van der Waals surface area contributed by atoms with Gasteiger partial charge in [0.2, 0.25) is 8.32 Å². The molecule has 9 atom stereocenters. The number of carbonyl (C=O) groups is 1. The minimum absolute atomic E-state index is 0.0598. The summed E-state index contributed by atoms with van der Waals surface area (Å²) in [5.74, 6) is 4.92. The molecule has 5 rings (SSSR count). The minimum atomic E-state index is -1.78. The van der Waals surface area contributed by atoms with Gasteiger partial charge in [0.15, 0.2) is 8.32 Å². The summed E-state index contributed by atoms with van der Waals surface area (Å²) >= 11 is 0. The summed E-state index contributed by atoms with van der Waals surface area (Å²) in [4.78, 5) is 12.7. The highest BCUT2D eigenvalue weighted by atomic mass is 28.4. The zero-order chi connectivity index (χ0) is 33.3. The summed E-state index contributed by atoms with van der Waals surface area (Å²) in [6.45, 7) is 22.2. The Bertz CT molecular complexity index is 1200. The molecular weight excluding hydrogens is 601 g/mol. The van der Waals surface area contributed by atoms with Crippen LogP contribution in [-0.4, -0.2) is 28.7 Å². The van der Waals surface area contributed by atoms with E-state index in [4.69, 9.17) is 13.6 Å². The van der Waals surface area contributed by atoms with Gasteiger partial charge in [0.1, 0.15) is 6.61 Å². The SMILES string of the molecule is CC[Si](CC)(CC)O[C@@H]1CC[C@@]2(C)[C@H](C=C(O[Si](C)(C)C)[C@@H]3[C@@H]2CC[C@]2(C)[C@@H]([C@H](C)CCC(=O)OCc4ccccc4)CC[C@@H]32)C1. The third-order valence-electron chi connectivity index (χ3n) is 13.8. The lowest BCUT2D eigenvalue weighted by molar-refractivity contribution is -0.145. The van der Waals surface area contributed by atoms with E-state index in [9.17, 15) is 4.79 Å². The van der Waals surface area contributed by atoms with Crippen LogP contribution in [0, 0.1) is 46.3 Å². The molecule has 0 unspecified atom stereocenters. The Hall–Kier alpha value is -1.38. The molecular formula is C40H66O4Si2. The van der Waals surface area contributed by atoms with E-state index in [-0.39, 0.29) is 5.97 Å². The van der Waals surface area contributed by atoms with E-state index < -0.39 is 16.6 Å². The Kier molecular flexibility index (Phi) is 11.1. The first-order chi connectivity index (χ1) is 21.8. The van der Waals surface area contributed by atoms with Gasteiger partial charge in [-0.15, -0.1) is 0 Å². The highest BCUT2D eigenvalue weighted by molar-refractivity contribution is 6.73. The number of fused-ring (bicyclic) bond motifs is 5. The molecule has 0 heterocycles. The quantitative estimate of drug-likeness (QED) is 0.155. The molecule has 4 nitrogen and oxygen atoms in total. The van der Waals surface area contributed by atoms with Crippen molar-refractivity contribution in [1.29, 1.82) is 0 Å².